The Balaban J connectivity index is 2.13. The third-order valence-corrected chi connectivity index (χ3v) is 3.91. The lowest BCUT2D eigenvalue weighted by atomic mass is 10.1. The average molecular weight is 278 g/mol. The quantitative estimate of drug-likeness (QED) is 0.882. The van der Waals surface area contributed by atoms with Crippen molar-refractivity contribution in [3.05, 3.63) is 29.6 Å². The highest BCUT2D eigenvalue weighted by molar-refractivity contribution is 5.59. The Morgan fingerprint density at radius 2 is 2.10 bits per heavy atom. The first-order valence-electron chi connectivity index (χ1n) is 7.71. The maximum Gasteiger partial charge on any atom is 0.125 e. The number of nitrogens with one attached hydrogen (secondary N) is 1. The Kier molecular flexibility index (Phi) is 4.69. The number of hydrogen-bond acceptors (Lipinski definition) is 2. The third-order valence-electron chi connectivity index (χ3n) is 3.91. The molecule has 2 nitrogen and oxygen atoms in total. The zero-order valence-electron chi connectivity index (χ0n) is 13.2. The predicted octanol–water partition coefficient (Wildman–Crippen LogP) is 3.75. The molecule has 20 heavy (non-hydrogen) atoms. The minimum Gasteiger partial charge on any atom is -0.367 e. The van der Waals surface area contributed by atoms with Gasteiger partial charge < -0.3 is 10.2 Å². The van der Waals surface area contributed by atoms with Crippen LogP contribution in [-0.2, 0) is 6.42 Å². The molecule has 0 aromatic heterocycles. The highest BCUT2D eigenvalue weighted by Gasteiger charge is 2.26. The minimum absolute atomic E-state index is 0.122. The van der Waals surface area contributed by atoms with Crippen LogP contribution in [0, 0.1) is 5.82 Å². The molecule has 2 rings (SSSR count). The molecule has 0 bridgehead atoms. The second-order valence-corrected chi connectivity index (χ2v) is 6.79. The van der Waals surface area contributed by atoms with Crippen LogP contribution in [0.25, 0.3) is 0 Å². The van der Waals surface area contributed by atoms with Crippen LogP contribution in [0.1, 0.15) is 46.1 Å². The van der Waals surface area contributed by atoms with Gasteiger partial charge in [0.15, 0.2) is 0 Å². The number of fused-ring (bicyclic) bond motifs is 1. The molecule has 0 saturated carbocycles. The molecule has 0 fully saturated rings. The number of halogens is 1. The molecule has 0 amide bonds. The topological polar surface area (TPSA) is 15.3 Å². The molecule has 1 aliphatic heterocycles. The highest BCUT2D eigenvalue weighted by Crippen LogP contribution is 2.31. The van der Waals surface area contributed by atoms with Crippen LogP contribution in [0.15, 0.2) is 18.2 Å². The average Bonchev–Trinajstić information content (AvgIpc) is 2.76. The van der Waals surface area contributed by atoms with Crippen LogP contribution < -0.4 is 10.2 Å². The van der Waals surface area contributed by atoms with Crippen LogP contribution in [0.2, 0.25) is 0 Å². The largest absolute Gasteiger partial charge is 0.367 e. The summed E-state index contributed by atoms with van der Waals surface area (Å²) in [7, 11) is 0. The fourth-order valence-electron chi connectivity index (χ4n) is 2.88. The first-order chi connectivity index (χ1) is 9.40. The molecule has 1 N–H and O–H groups in total. The molecule has 112 valence electrons. The smallest absolute Gasteiger partial charge is 0.125 e. The van der Waals surface area contributed by atoms with Crippen LogP contribution in [0.3, 0.4) is 0 Å². The summed E-state index contributed by atoms with van der Waals surface area (Å²) in [6.07, 6.45) is 3.32. The Hall–Kier alpha value is -1.09. The molecule has 0 spiro atoms. The van der Waals surface area contributed by atoms with E-state index in [0.717, 1.165) is 38.0 Å². The molecule has 1 aromatic rings. The van der Waals surface area contributed by atoms with Gasteiger partial charge in [0.1, 0.15) is 5.82 Å². The normalized spacial score (nSPS) is 16.4. The van der Waals surface area contributed by atoms with Gasteiger partial charge >= 0.3 is 0 Å². The van der Waals surface area contributed by atoms with E-state index >= 15 is 0 Å². The molecule has 1 unspecified atom stereocenters. The summed E-state index contributed by atoms with van der Waals surface area (Å²) in [4.78, 5) is 2.39. The Labute approximate surface area is 122 Å². The van der Waals surface area contributed by atoms with Crippen molar-refractivity contribution in [2.45, 2.75) is 58.5 Å². The fourth-order valence-corrected chi connectivity index (χ4v) is 2.88. The zero-order chi connectivity index (χ0) is 14.8. The van der Waals surface area contributed by atoms with Gasteiger partial charge in [0.2, 0.25) is 0 Å². The number of hydrogen-bond donors (Lipinski definition) is 1. The third kappa shape index (κ3) is 3.72. The van der Waals surface area contributed by atoms with Gasteiger partial charge in [-0.3, -0.25) is 0 Å². The summed E-state index contributed by atoms with van der Waals surface area (Å²) in [5.74, 6) is -0.130. The van der Waals surface area contributed by atoms with Crippen molar-refractivity contribution >= 4 is 5.69 Å². The first-order valence-corrected chi connectivity index (χ1v) is 7.71. The summed E-state index contributed by atoms with van der Waals surface area (Å²) in [6.45, 7) is 10.7. The molecule has 0 saturated heterocycles. The van der Waals surface area contributed by atoms with Gasteiger partial charge in [0, 0.05) is 30.4 Å². The maximum atomic E-state index is 13.5. The molecular formula is C17H27FN2. The molecule has 1 heterocycles. The molecule has 1 aliphatic rings. The van der Waals surface area contributed by atoms with Crippen molar-refractivity contribution < 1.29 is 4.39 Å². The van der Waals surface area contributed by atoms with Gasteiger partial charge in [-0.15, -0.1) is 0 Å². The van der Waals surface area contributed by atoms with Crippen molar-refractivity contribution in [1.82, 2.24) is 5.32 Å². The van der Waals surface area contributed by atoms with Crippen molar-refractivity contribution in [2.24, 2.45) is 0 Å². The maximum absolute atomic E-state index is 13.5. The molecule has 0 radical (unpaired) electrons. The van der Waals surface area contributed by atoms with Crippen LogP contribution in [0.5, 0.6) is 0 Å². The minimum atomic E-state index is -0.130. The lowest BCUT2D eigenvalue weighted by molar-refractivity contribution is 0.389. The van der Waals surface area contributed by atoms with Crippen LogP contribution in [-0.4, -0.2) is 24.7 Å². The van der Waals surface area contributed by atoms with Gasteiger partial charge in [-0.2, -0.15) is 0 Å². The van der Waals surface area contributed by atoms with E-state index in [-0.39, 0.29) is 11.4 Å². The molecule has 1 aromatic carbocycles. The predicted molar refractivity (Wildman–Crippen MR) is 83.9 cm³/mol. The SMILES string of the molecule is CCCC(CNC(C)(C)C)N1CCc2ccc(F)cc21. The van der Waals surface area contributed by atoms with Gasteiger partial charge in [-0.1, -0.05) is 19.4 Å². The van der Waals surface area contributed by atoms with Gasteiger partial charge in [-0.05, 0) is 51.3 Å². The van der Waals surface area contributed by atoms with Gasteiger partial charge in [-0.25, -0.2) is 4.39 Å². The molecular weight excluding hydrogens is 251 g/mol. The summed E-state index contributed by atoms with van der Waals surface area (Å²) in [5.41, 5.74) is 2.50. The summed E-state index contributed by atoms with van der Waals surface area (Å²) in [6, 6.07) is 5.65. The van der Waals surface area contributed by atoms with E-state index in [4.69, 9.17) is 0 Å². The number of benzene rings is 1. The standard InChI is InChI=1S/C17H27FN2/c1-5-6-15(12-19-17(2,3)4)20-10-9-13-7-8-14(18)11-16(13)20/h7-8,11,15,19H,5-6,9-10,12H2,1-4H3. The van der Waals surface area contributed by atoms with E-state index in [9.17, 15) is 4.39 Å². The second kappa shape index (κ2) is 6.13. The zero-order valence-corrected chi connectivity index (χ0v) is 13.2. The highest BCUT2D eigenvalue weighted by atomic mass is 19.1. The summed E-state index contributed by atoms with van der Waals surface area (Å²) < 4.78 is 13.5. The van der Waals surface area contributed by atoms with Crippen LogP contribution >= 0.6 is 0 Å². The Morgan fingerprint density at radius 1 is 1.35 bits per heavy atom. The lowest BCUT2D eigenvalue weighted by Gasteiger charge is -2.33. The number of anilines is 1. The van der Waals surface area contributed by atoms with Crippen molar-refractivity contribution in [1.29, 1.82) is 0 Å². The van der Waals surface area contributed by atoms with E-state index in [1.54, 1.807) is 12.1 Å². The van der Waals surface area contributed by atoms with Crippen molar-refractivity contribution in [2.75, 3.05) is 18.0 Å². The lowest BCUT2D eigenvalue weighted by Crippen LogP contribution is -2.47. The summed E-state index contributed by atoms with van der Waals surface area (Å²) in [5, 5.41) is 3.59. The first kappa shape index (κ1) is 15.3. The van der Waals surface area contributed by atoms with E-state index in [0.29, 0.717) is 6.04 Å². The molecule has 3 heteroatoms. The van der Waals surface area contributed by atoms with E-state index in [2.05, 4.69) is 37.9 Å². The monoisotopic (exact) mass is 278 g/mol. The van der Waals surface area contributed by atoms with Crippen LogP contribution in [0.4, 0.5) is 10.1 Å². The van der Waals surface area contributed by atoms with E-state index in [1.165, 1.54) is 5.56 Å². The molecule has 0 aliphatic carbocycles. The number of nitrogens with zero attached hydrogens (tertiary/aromatic N) is 1. The second-order valence-electron chi connectivity index (χ2n) is 6.79. The van der Waals surface area contributed by atoms with Crippen molar-refractivity contribution in [3.63, 3.8) is 0 Å². The van der Waals surface area contributed by atoms with Gasteiger partial charge in [0.05, 0.1) is 0 Å². The number of rotatable bonds is 5. The van der Waals surface area contributed by atoms with Gasteiger partial charge in [0.25, 0.3) is 0 Å². The van der Waals surface area contributed by atoms with E-state index in [1.807, 2.05) is 6.07 Å². The van der Waals surface area contributed by atoms with Crippen molar-refractivity contribution in [3.8, 4) is 0 Å². The Morgan fingerprint density at radius 3 is 2.75 bits per heavy atom. The fraction of sp³-hybridized carbons (Fsp3) is 0.647. The molecule has 1 atom stereocenters. The summed E-state index contributed by atoms with van der Waals surface area (Å²) >= 11 is 0. The van der Waals surface area contributed by atoms with E-state index < -0.39 is 0 Å². The Bertz CT molecular complexity index is 451.